The Morgan fingerprint density at radius 1 is 1.09 bits per heavy atom. The second-order valence-electron chi connectivity index (χ2n) is 5.37. The number of amides is 1. The van der Waals surface area contributed by atoms with Crippen molar-refractivity contribution < 1.29 is 28.9 Å². The summed E-state index contributed by atoms with van der Waals surface area (Å²) in [6.07, 6.45) is 2.03. The molecule has 1 saturated carbocycles. The van der Waals surface area contributed by atoms with Crippen LogP contribution in [0, 0.1) is 5.92 Å². The van der Waals surface area contributed by atoms with Gasteiger partial charge in [0.1, 0.15) is 0 Å². The molecule has 2 atom stereocenters. The zero-order valence-corrected chi connectivity index (χ0v) is 13.4. The van der Waals surface area contributed by atoms with E-state index >= 15 is 0 Å². The van der Waals surface area contributed by atoms with Gasteiger partial charge in [-0.05, 0) is 25.0 Å². The summed E-state index contributed by atoms with van der Waals surface area (Å²) in [5, 5.41) is 12.0. The van der Waals surface area contributed by atoms with Crippen molar-refractivity contribution in [3.05, 3.63) is 17.7 Å². The molecule has 0 bridgehead atoms. The summed E-state index contributed by atoms with van der Waals surface area (Å²) < 4.78 is 15.7. The van der Waals surface area contributed by atoms with Gasteiger partial charge in [0, 0.05) is 11.6 Å². The van der Waals surface area contributed by atoms with E-state index in [0.717, 1.165) is 6.42 Å². The SMILES string of the molecule is COc1cc(C(=O)N[C@@H]2CCC[C@@H]2C(=O)O)cc(OC)c1OC. The fourth-order valence-electron chi connectivity index (χ4n) is 2.89. The van der Waals surface area contributed by atoms with Crippen molar-refractivity contribution in [2.75, 3.05) is 21.3 Å². The normalized spacial score (nSPS) is 20.0. The first-order chi connectivity index (χ1) is 11.0. The van der Waals surface area contributed by atoms with Gasteiger partial charge in [-0.2, -0.15) is 0 Å². The predicted octanol–water partition coefficient (Wildman–Crippen LogP) is 1.70. The Labute approximate surface area is 134 Å². The van der Waals surface area contributed by atoms with Crippen molar-refractivity contribution in [1.29, 1.82) is 0 Å². The fraction of sp³-hybridized carbons (Fsp3) is 0.500. The summed E-state index contributed by atoms with van der Waals surface area (Å²) in [7, 11) is 4.42. The highest BCUT2D eigenvalue weighted by Crippen LogP contribution is 2.38. The molecule has 0 radical (unpaired) electrons. The van der Waals surface area contributed by atoms with E-state index in [4.69, 9.17) is 14.2 Å². The van der Waals surface area contributed by atoms with Gasteiger partial charge < -0.3 is 24.6 Å². The molecule has 0 aliphatic heterocycles. The van der Waals surface area contributed by atoms with Crippen LogP contribution in [0.2, 0.25) is 0 Å². The second kappa shape index (κ2) is 7.21. The van der Waals surface area contributed by atoms with Crippen molar-refractivity contribution in [1.82, 2.24) is 5.32 Å². The number of hydrogen-bond donors (Lipinski definition) is 2. The zero-order chi connectivity index (χ0) is 17.0. The van der Waals surface area contributed by atoms with Gasteiger partial charge in [0.25, 0.3) is 5.91 Å². The maximum atomic E-state index is 12.4. The summed E-state index contributed by atoms with van der Waals surface area (Å²) in [6, 6.07) is 2.72. The Morgan fingerprint density at radius 3 is 2.17 bits per heavy atom. The van der Waals surface area contributed by atoms with E-state index in [1.165, 1.54) is 21.3 Å². The van der Waals surface area contributed by atoms with Gasteiger partial charge in [-0.25, -0.2) is 0 Å². The second-order valence-corrected chi connectivity index (χ2v) is 5.37. The smallest absolute Gasteiger partial charge is 0.308 e. The van der Waals surface area contributed by atoms with E-state index in [1.807, 2.05) is 0 Å². The predicted molar refractivity (Wildman–Crippen MR) is 82.3 cm³/mol. The molecule has 1 aromatic rings. The quantitative estimate of drug-likeness (QED) is 0.827. The first-order valence-electron chi connectivity index (χ1n) is 7.35. The lowest BCUT2D eigenvalue weighted by molar-refractivity contribution is -0.142. The van der Waals surface area contributed by atoms with Crippen LogP contribution in [0.25, 0.3) is 0 Å². The number of aliphatic carboxylic acids is 1. The molecule has 2 N–H and O–H groups in total. The van der Waals surface area contributed by atoms with Gasteiger partial charge in [0.2, 0.25) is 5.75 Å². The van der Waals surface area contributed by atoms with Gasteiger partial charge >= 0.3 is 5.97 Å². The van der Waals surface area contributed by atoms with Crippen LogP contribution in [-0.2, 0) is 4.79 Å². The lowest BCUT2D eigenvalue weighted by Crippen LogP contribution is -2.40. The van der Waals surface area contributed by atoms with Gasteiger partial charge in [0.15, 0.2) is 11.5 Å². The van der Waals surface area contributed by atoms with Crippen LogP contribution >= 0.6 is 0 Å². The lowest BCUT2D eigenvalue weighted by Gasteiger charge is -2.19. The number of rotatable bonds is 6. The highest BCUT2D eigenvalue weighted by molar-refractivity contribution is 5.96. The van der Waals surface area contributed by atoms with Gasteiger partial charge in [0.05, 0.1) is 27.2 Å². The number of ether oxygens (including phenoxy) is 3. The third-order valence-electron chi connectivity index (χ3n) is 4.08. The Bertz CT molecular complexity index is 575. The highest BCUT2D eigenvalue weighted by Gasteiger charge is 2.34. The van der Waals surface area contributed by atoms with Crippen molar-refractivity contribution in [3.8, 4) is 17.2 Å². The van der Waals surface area contributed by atoms with Crippen molar-refractivity contribution in [2.45, 2.75) is 25.3 Å². The van der Waals surface area contributed by atoms with E-state index < -0.39 is 11.9 Å². The van der Waals surface area contributed by atoms with Gasteiger partial charge in [-0.1, -0.05) is 6.42 Å². The average molecular weight is 323 g/mol. The maximum Gasteiger partial charge on any atom is 0.308 e. The van der Waals surface area contributed by atoms with Crippen LogP contribution in [-0.4, -0.2) is 44.4 Å². The number of benzene rings is 1. The minimum atomic E-state index is -0.877. The average Bonchev–Trinajstić information content (AvgIpc) is 3.01. The van der Waals surface area contributed by atoms with Crippen LogP contribution in [0.1, 0.15) is 29.6 Å². The van der Waals surface area contributed by atoms with Crippen LogP contribution in [0.5, 0.6) is 17.2 Å². The third-order valence-corrected chi connectivity index (χ3v) is 4.08. The maximum absolute atomic E-state index is 12.4. The number of carbonyl (C=O) groups excluding carboxylic acids is 1. The number of carboxylic acid groups (broad SMARTS) is 1. The number of nitrogens with one attached hydrogen (secondary N) is 1. The molecule has 23 heavy (non-hydrogen) atoms. The van der Waals surface area contributed by atoms with Crippen LogP contribution in [0.15, 0.2) is 12.1 Å². The molecular formula is C16H21NO6. The molecule has 0 heterocycles. The molecule has 1 aromatic carbocycles. The molecular weight excluding hydrogens is 302 g/mol. The Morgan fingerprint density at radius 2 is 1.70 bits per heavy atom. The molecule has 0 aromatic heterocycles. The minimum absolute atomic E-state index is 0.329. The molecule has 7 heteroatoms. The van der Waals surface area contributed by atoms with Crippen molar-refractivity contribution >= 4 is 11.9 Å². The van der Waals surface area contributed by atoms with Gasteiger partial charge in [-0.3, -0.25) is 9.59 Å². The molecule has 1 aliphatic rings. The van der Waals surface area contributed by atoms with Crippen LogP contribution < -0.4 is 19.5 Å². The third kappa shape index (κ3) is 3.49. The molecule has 126 valence electrons. The molecule has 1 amide bonds. The Hall–Kier alpha value is -2.44. The summed E-state index contributed by atoms with van der Waals surface area (Å²) in [5.41, 5.74) is 0.329. The first kappa shape index (κ1) is 16.9. The Kier molecular flexibility index (Phi) is 5.31. The number of carbonyl (C=O) groups is 2. The number of methoxy groups -OCH3 is 3. The van der Waals surface area contributed by atoms with Crippen molar-refractivity contribution in [2.24, 2.45) is 5.92 Å². The van der Waals surface area contributed by atoms with Gasteiger partial charge in [-0.15, -0.1) is 0 Å². The first-order valence-corrected chi connectivity index (χ1v) is 7.35. The topological polar surface area (TPSA) is 94.1 Å². The van der Waals surface area contributed by atoms with E-state index in [0.29, 0.717) is 35.7 Å². The van der Waals surface area contributed by atoms with Crippen LogP contribution in [0.3, 0.4) is 0 Å². The van der Waals surface area contributed by atoms with Crippen molar-refractivity contribution in [3.63, 3.8) is 0 Å². The lowest BCUT2D eigenvalue weighted by atomic mass is 10.0. The molecule has 7 nitrogen and oxygen atoms in total. The fourth-order valence-corrected chi connectivity index (χ4v) is 2.89. The molecule has 0 unspecified atom stereocenters. The standard InChI is InChI=1S/C16H21NO6/c1-21-12-7-9(8-13(22-2)14(12)23-3)15(18)17-11-6-4-5-10(11)16(19)20/h7-8,10-11H,4-6H2,1-3H3,(H,17,18)(H,19,20)/t10-,11+/m0/s1. The largest absolute Gasteiger partial charge is 0.493 e. The van der Waals surface area contributed by atoms with E-state index in [2.05, 4.69) is 5.32 Å². The van der Waals surface area contributed by atoms with E-state index in [9.17, 15) is 14.7 Å². The summed E-state index contributed by atoms with van der Waals surface area (Å²) in [4.78, 5) is 23.7. The Balaban J connectivity index is 2.24. The molecule has 2 rings (SSSR count). The molecule has 1 aliphatic carbocycles. The summed E-state index contributed by atoms with van der Waals surface area (Å²) in [5.74, 6) is -0.631. The van der Waals surface area contributed by atoms with E-state index in [-0.39, 0.29) is 11.9 Å². The highest BCUT2D eigenvalue weighted by atomic mass is 16.5. The monoisotopic (exact) mass is 323 g/mol. The molecule has 1 fully saturated rings. The van der Waals surface area contributed by atoms with Crippen LogP contribution in [0.4, 0.5) is 0 Å². The minimum Gasteiger partial charge on any atom is -0.493 e. The number of carboxylic acids is 1. The summed E-state index contributed by atoms with van der Waals surface area (Å²) in [6.45, 7) is 0. The van der Waals surface area contributed by atoms with E-state index in [1.54, 1.807) is 12.1 Å². The molecule has 0 saturated heterocycles. The zero-order valence-electron chi connectivity index (χ0n) is 13.4. The molecule has 0 spiro atoms. The summed E-state index contributed by atoms with van der Waals surface area (Å²) >= 11 is 0. The number of hydrogen-bond acceptors (Lipinski definition) is 5.